The van der Waals surface area contributed by atoms with Crippen molar-refractivity contribution in [3.8, 4) is 5.88 Å². The van der Waals surface area contributed by atoms with Gasteiger partial charge in [-0.1, -0.05) is 12.1 Å². The van der Waals surface area contributed by atoms with Crippen LogP contribution in [-0.2, 0) is 0 Å². The Bertz CT molecular complexity index is 1400. The van der Waals surface area contributed by atoms with Crippen LogP contribution in [0.2, 0.25) is 0 Å². The maximum absolute atomic E-state index is 14.0. The molecule has 0 saturated heterocycles. The average Bonchev–Trinajstić information content (AvgIpc) is 3.33. The summed E-state index contributed by atoms with van der Waals surface area (Å²) >= 11 is 0. The quantitative estimate of drug-likeness (QED) is 0.394. The second-order valence-corrected chi connectivity index (χ2v) is 6.63. The van der Waals surface area contributed by atoms with E-state index in [1.54, 1.807) is 18.2 Å². The molecule has 3 aromatic heterocycles. The van der Waals surface area contributed by atoms with E-state index >= 15 is 0 Å². The van der Waals surface area contributed by atoms with E-state index in [9.17, 15) is 14.3 Å². The number of imidazole rings is 1. The van der Waals surface area contributed by atoms with E-state index < -0.39 is 11.5 Å². The Morgan fingerprint density at radius 3 is 2.83 bits per heavy atom. The highest BCUT2D eigenvalue weighted by atomic mass is 19.1. The number of hydrogen-bond acceptors (Lipinski definition) is 7. The first-order chi connectivity index (χ1) is 14.1. The molecule has 0 aliphatic heterocycles. The van der Waals surface area contributed by atoms with Crippen molar-refractivity contribution in [1.29, 1.82) is 0 Å². The second-order valence-electron chi connectivity index (χ2n) is 6.63. The van der Waals surface area contributed by atoms with Crippen molar-refractivity contribution >= 4 is 23.4 Å². The van der Waals surface area contributed by atoms with Crippen molar-refractivity contribution < 1.29 is 9.50 Å². The monoisotopic (exact) mass is 394 g/mol. The number of aromatic amines is 2. The molecule has 11 heteroatoms. The Balaban J connectivity index is 1.70. The number of H-pyrrole nitrogens is 2. The number of aromatic hydroxyl groups is 1. The largest absolute Gasteiger partial charge is 0.493 e. The summed E-state index contributed by atoms with van der Waals surface area (Å²) in [4.78, 5) is 29.5. The zero-order valence-corrected chi connectivity index (χ0v) is 14.9. The molecule has 4 aromatic rings. The molecule has 0 spiro atoms. The molecule has 0 unspecified atom stereocenters. The molecule has 0 bridgehead atoms. The molecule has 146 valence electrons. The van der Waals surface area contributed by atoms with Crippen LogP contribution in [0.1, 0.15) is 18.5 Å². The topological polar surface area (TPSA) is 136 Å². The van der Waals surface area contributed by atoms with Crippen LogP contribution in [0.4, 0.5) is 16.0 Å². The summed E-state index contributed by atoms with van der Waals surface area (Å²) in [6, 6.07) is 6.37. The molecule has 4 N–H and O–H groups in total. The van der Waals surface area contributed by atoms with Crippen LogP contribution >= 0.6 is 0 Å². The van der Waals surface area contributed by atoms with E-state index in [2.05, 4.69) is 35.3 Å². The predicted octanol–water partition coefficient (Wildman–Crippen LogP) is 0.340. The fraction of sp³-hybridized carbons (Fsp3) is 0.167. The van der Waals surface area contributed by atoms with Gasteiger partial charge in [-0.25, -0.2) is 14.2 Å². The minimum Gasteiger partial charge on any atom is -0.493 e. The fourth-order valence-electron chi connectivity index (χ4n) is 2.82. The Labute approximate surface area is 161 Å². The number of fused-ring (bicyclic) bond motifs is 1. The van der Waals surface area contributed by atoms with Crippen LogP contribution in [0, 0.1) is 5.82 Å². The number of benzene rings is 1. The lowest BCUT2D eigenvalue weighted by Gasteiger charge is -2.06. The van der Waals surface area contributed by atoms with Gasteiger partial charge in [0.25, 0.3) is 5.62 Å². The molecule has 1 aromatic carbocycles. The molecule has 3 heterocycles. The first kappa shape index (κ1) is 17.1. The standard InChI is InChI=1S/C18H15FN8O2/c19-11-3-1-2-4-12(11)22-16-24-14-9(7-13-15(28)25-18(29)23-13)8-20-27(14)17(26-16)21-10-5-6-10/h1-4,7-8,10,28H,5-6H2,(H,21,22,26)(H2,23,25,29)/b9-7+. The van der Waals surface area contributed by atoms with Gasteiger partial charge in [-0.2, -0.15) is 19.6 Å². The third-order valence-electron chi connectivity index (χ3n) is 4.38. The highest BCUT2D eigenvalue weighted by Gasteiger charge is 2.21. The molecule has 5 rings (SSSR count). The van der Waals surface area contributed by atoms with E-state index in [1.807, 2.05) is 0 Å². The van der Waals surface area contributed by atoms with Gasteiger partial charge in [0.05, 0.1) is 17.9 Å². The third kappa shape index (κ3) is 3.33. The maximum atomic E-state index is 14.0. The number of halogens is 1. The summed E-state index contributed by atoms with van der Waals surface area (Å²) in [6.07, 6.45) is 4.99. The Kier molecular flexibility index (Phi) is 3.86. The maximum Gasteiger partial charge on any atom is 0.326 e. The molecule has 0 atom stereocenters. The Morgan fingerprint density at radius 1 is 1.28 bits per heavy atom. The lowest BCUT2D eigenvalue weighted by Crippen LogP contribution is -2.24. The third-order valence-corrected chi connectivity index (χ3v) is 4.38. The molecule has 0 radical (unpaired) electrons. The lowest BCUT2D eigenvalue weighted by atomic mass is 10.3. The van der Waals surface area contributed by atoms with Crippen LogP contribution in [0.3, 0.4) is 0 Å². The summed E-state index contributed by atoms with van der Waals surface area (Å²) in [5.41, 5.74) is 0.605. The van der Waals surface area contributed by atoms with Gasteiger partial charge in [-0.15, -0.1) is 0 Å². The summed E-state index contributed by atoms with van der Waals surface area (Å²) in [7, 11) is 0. The zero-order chi connectivity index (χ0) is 20.0. The number of aromatic nitrogens is 6. The van der Waals surface area contributed by atoms with Crippen molar-refractivity contribution in [3.63, 3.8) is 0 Å². The van der Waals surface area contributed by atoms with Gasteiger partial charge in [0, 0.05) is 5.22 Å². The first-order valence-electron chi connectivity index (χ1n) is 8.91. The van der Waals surface area contributed by atoms with Gasteiger partial charge >= 0.3 is 5.69 Å². The van der Waals surface area contributed by atoms with Crippen molar-refractivity contribution in [2.45, 2.75) is 18.9 Å². The van der Waals surface area contributed by atoms with Crippen molar-refractivity contribution in [2.75, 3.05) is 5.32 Å². The first-order valence-corrected chi connectivity index (χ1v) is 8.91. The van der Waals surface area contributed by atoms with Gasteiger partial charge in [0.2, 0.25) is 11.8 Å². The second kappa shape index (κ2) is 6.55. The van der Waals surface area contributed by atoms with Crippen LogP contribution in [0.25, 0.3) is 11.7 Å². The highest BCUT2D eigenvalue weighted by molar-refractivity contribution is 5.59. The molecule has 1 aliphatic rings. The zero-order valence-electron chi connectivity index (χ0n) is 14.9. The number of nitrogens with one attached hydrogen (secondary N) is 3. The average molecular weight is 394 g/mol. The minimum absolute atomic E-state index is 0.156. The number of para-hydroxylation sites is 1. The minimum atomic E-state index is -0.536. The molecule has 10 nitrogen and oxygen atoms in total. The van der Waals surface area contributed by atoms with Crippen molar-refractivity contribution in [3.05, 3.63) is 63.3 Å². The molecular weight excluding hydrogens is 379 g/mol. The highest BCUT2D eigenvalue weighted by Crippen LogP contribution is 2.22. The van der Waals surface area contributed by atoms with E-state index in [0.717, 1.165) is 12.8 Å². The smallest absolute Gasteiger partial charge is 0.326 e. The van der Waals surface area contributed by atoms with E-state index in [0.29, 0.717) is 16.5 Å². The number of nitrogens with zero attached hydrogens (tertiary/aromatic N) is 5. The summed E-state index contributed by atoms with van der Waals surface area (Å²) < 4.78 is 15.5. The SMILES string of the molecule is O=c1[nH]c(O)c(/C=c2\cnn3c(=NC4CC4)nc(Nc4ccccc4F)nc23)[nH]1. The number of rotatable bonds is 4. The molecule has 29 heavy (non-hydrogen) atoms. The van der Waals surface area contributed by atoms with E-state index in [4.69, 9.17) is 0 Å². The molecule has 1 fully saturated rings. The molecular formula is C18H15FN8O2. The normalized spacial score (nSPS) is 15.3. The van der Waals surface area contributed by atoms with Crippen molar-refractivity contribution in [1.82, 2.24) is 29.5 Å². The Morgan fingerprint density at radius 2 is 2.10 bits per heavy atom. The van der Waals surface area contributed by atoms with E-state index in [-0.39, 0.29) is 29.3 Å². The van der Waals surface area contributed by atoms with Crippen LogP contribution in [0.15, 0.2) is 40.2 Å². The predicted molar refractivity (Wildman–Crippen MR) is 101 cm³/mol. The molecule has 1 saturated carbocycles. The van der Waals surface area contributed by atoms with Crippen molar-refractivity contribution in [2.24, 2.45) is 4.99 Å². The number of anilines is 2. The summed E-state index contributed by atoms with van der Waals surface area (Å²) in [5.74, 6) is -0.577. The van der Waals surface area contributed by atoms with Gasteiger partial charge < -0.3 is 15.4 Å². The van der Waals surface area contributed by atoms with Crippen LogP contribution < -0.4 is 21.8 Å². The van der Waals surface area contributed by atoms with Gasteiger partial charge in [-0.05, 0) is 31.1 Å². The van der Waals surface area contributed by atoms with E-state index in [1.165, 1.54) is 22.9 Å². The van der Waals surface area contributed by atoms with Gasteiger partial charge in [-0.3, -0.25) is 4.98 Å². The van der Waals surface area contributed by atoms with Crippen LogP contribution in [0.5, 0.6) is 5.88 Å². The van der Waals surface area contributed by atoms with Gasteiger partial charge in [0.1, 0.15) is 11.5 Å². The summed E-state index contributed by atoms with van der Waals surface area (Å²) in [6.45, 7) is 0. The Hall–Kier alpha value is -4.02. The molecule has 0 amide bonds. The molecule has 1 aliphatic carbocycles. The van der Waals surface area contributed by atoms with Crippen LogP contribution in [-0.4, -0.2) is 40.7 Å². The lowest BCUT2D eigenvalue weighted by molar-refractivity contribution is 0.454. The van der Waals surface area contributed by atoms with Gasteiger partial charge in [0.15, 0.2) is 5.65 Å². The summed E-state index contributed by atoms with van der Waals surface area (Å²) in [5, 5.41) is 17.5. The number of hydrogen-bond donors (Lipinski definition) is 4. The fourth-order valence-corrected chi connectivity index (χ4v) is 2.82.